The minimum absolute atomic E-state index is 0.0999. The molecule has 2 aromatic heterocycles. The quantitative estimate of drug-likeness (QED) is 0.829. The van der Waals surface area contributed by atoms with Crippen molar-refractivity contribution >= 4 is 28.2 Å². The summed E-state index contributed by atoms with van der Waals surface area (Å²) >= 11 is 1.66. The largest absolute Gasteiger partial charge is 0.476 e. The summed E-state index contributed by atoms with van der Waals surface area (Å²) in [6.45, 7) is 11.9. The van der Waals surface area contributed by atoms with Crippen LogP contribution in [0.5, 0.6) is 0 Å². The summed E-state index contributed by atoms with van der Waals surface area (Å²) in [6, 6.07) is 0. The van der Waals surface area contributed by atoms with Crippen molar-refractivity contribution < 1.29 is 14.7 Å². The second kappa shape index (κ2) is 7.40. The molecule has 0 bridgehead atoms. The summed E-state index contributed by atoms with van der Waals surface area (Å²) in [5, 5.41) is 9.74. The van der Waals surface area contributed by atoms with Crippen LogP contribution in [0.3, 0.4) is 0 Å². The average molecular weight is 419 g/mol. The predicted octanol–water partition coefficient (Wildman–Crippen LogP) is 2.91. The molecule has 1 aliphatic carbocycles. The predicted molar refractivity (Wildman–Crippen MR) is 113 cm³/mol. The van der Waals surface area contributed by atoms with E-state index in [4.69, 9.17) is 0 Å². The van der Waals surface area contributed by atoms with E-state index in [2.05, 4.69) is 35.1 Å². The van der Waals surface area contributed by atoms with E-state index in [1.807, 2.05) is 4.90 Å². The number of rotatable bonds is 3. The third-order valence-corrected chi connectivity index (χ3v) is 7.63. The molecule has 4 rings (SSSR count). The lowest BCUT2D eigenvalue weighted by molar-refractivity contribution is -0.130. The smallest absolute Gasteiger partial charge is 0.356 e. The lowest BCUT2D eigenvalue weighted by atomic mass is 9.73. The first-order valence-electron chi connectivity index (χ1n) is 10.4. The fourth-order valence-corrected chi connectivity index (χ4v) is 5.87. The van der Waals surface area contributed by atoms with Crippen LogP contribution in [0, 0.1) is 11.3 Å². The molecular formula is C21H30N4O3S. The van der Waals surface area contributed by atoms with Gasteiger partial charge in [-0.1, -0.05) is 20.8 Å². The van der Waals surface area contributed by atoms with Crippen molar-refractivity contribution in [1.29, 1.82) is 0 Å². The Bertz CT molecular complexity index is 947. The van der Waals surface area contributed by atoms with Gasteiger partial charge in [-0.05, 0) is 30.6 Å². The highest BCUT2D eigenvalue weighted by Crippen LogP contribution is 2.41. The molecule has 29 heavy (non-hydrogen) atoms. The third-order valence-electron chi connectivity index (χ3n) is 6.53. The van der Waals surface area contributed by atoms with Crippen molar-refractivity contribution in [3.05, 3.63) is 22.0 Å². The first-order chi connectivity index (χ1) is 13.6. The standard InChI is InChI=1S/C21H30N4O3S/c1-13(26)24-9-7-23(8-10-24)12-16-18(19(27)28)22-20-25(16)15-6-5-14(21(2,3)4)11-17(15)29-20/h14H,5-12H2,1-4H3,(H,27,28). The van der Waals surface area contributed by atoms with Gasteiger partial charge in [0.25, 0.3) is 0 Å². The van der Waals surface area contributed by atoms with Gasteiger partial charge in [-0.2, -0.15) is 0 Å². The van der Waals surface area contributed by atoms with E-state index in [1.54, 1.807) is 18.3 Å². The van der Waals surface area contributed by atoms with E-state index in [-0.39, 0.29) is 17.0 Å². The Labute approximate surface area is 175 Å². The fourth-order valence-electron chi connectivity index (χ4n) is 4.61. The monoisotopic (exact) mass is 418 g/mol. The van der Waals surface area contributed by atoms with Crippen molar-refractivity contribution in [3.8, 4) is 0 Å². The minimum atomic E-state index is -0.963. The number of thiazole rings is 1. The van der Waals surface area contributed by atoms with Crippen LogP contribution in [0.4, 0.5) is 0 Å². The molecule has 7 nitrogen and oxygen atoms in total. The van der Waals surface area contributed by atoms with Crippen LogP contribution < -0.4 is 0 Å². The SMILES string of the molecule is CC(=O)N1CCN(Cc2c(C(=O)O)nc3sc4c(n23)CCC(C(C)(C)C)C4)CC1. The molecule has 0 radical (unpaired) electrons. The second-order valence-corrected chi connectivity index (χ2v) is 10.5. The zero-order chi connectivity index (χ0) is 20.9. The van der Waals surface area contributed by atoms with Gasteiger partial charge in [0.2, 0.25) is 5.91 Å². The van der Waals surface area contributed by atoms with Gasteiger partial charge in [0, 0.05) is 50.2 Å². The van der Waals surface area contributed by atoms with Gasteiger partial charge in [-0.3, -0.25) is 14.1 Å². The molecular weight excluding hydrogens is 388 g/mol. The van der Waals surface area contributed by atoms with Gasteiger partial charge in [0.1, 0.15) is 0 Å². The van der Waals surface area contributed by atoms with Crippen LogP contribution in [0.25, 0.3) is 4.96 Å². The Morgan fingerprint density at radius 2 is 1.90 bits per heavy atom. The maximum atomic E-state index is 11.9. The summed E-state index contributed by atoms with van der Waals surface area (Å²) in [6.07, 6.45) is 3.14. The summed E-state index contributed by atoms with van der Waals surface area (Å²) < 4.78 is 2.12. The maximum absolute atomic E-state index is 11.9. The molecule has 1 amide bonds. The van der Waals surface area contributed by atoms with Crippen LogP contribution in [0.2, 0.25) is 0 Å². The highest BCUT2D eigenvalue weighted by atomic mass is 32.1. The van der Waals surface area contributed by atoms with Crippen LogP contribution in [-0.2, 0) is 24.2 Å². The number of carboxylic acids is 1. The van der Waals surface area contributed by atoms with Gasteiger partial charge in [0.15, 0.2) is 10.7 Å². The lowest BCUT2D eigenvalue weighted by Gasteiger charge is -2.34. The molecule has 1 atom stereocenters. The minimum Gasteiger partial charge on any atom is -0.476 e. The van der Waals surface area contributed by atoms with Crippen LogP contribution in [0.1, 0.15) is 60.9 Å². The van der Waals surface area contributed by atoms with Crippen molar-refractivity contribution in [2.24, 2.45) is 11.3 Å². The number of fused-ring (bicyclic) bond motifs is 3. The van der Waals surface area contributed by atoms with Crippen molar-refractivity contribution in [2.75, 3.05) is 26.2 Å². The van der Waals surface area contributed by atoms with E-state index in [9.17, 15) is 14.7 Å². The van der Waals surface area contributed by atoms with E-state index in [1.165, 1.54) is 10.6 Å². The maximum Gasteiger partial charge on any atom is 0.356 e. The fraction of sp³-hybridized carbons (Fsp3) is 0.667. The number of hydrogen-bond donors (Lipinski definition) is 1. The number of imidazole rings is 1. The third kappa shape index (κ3) is 3.80. The summed E-state index contributed by atoms with van der Waals surface area (Å²) in [4.78, 5) is 34.2. The van der Waals surface area contributed by atoms with Gasteiger partial charge in [0.05, 0.1) is 5.69 Å². The first-order valence-corrected chi connectivity index (χ1v) is 11.2. The highest BCUT2D eigenvalue weighted by molar-refractivity contribution is 7.17. The molecule has 1 N–H and O–H groups in total. The number of aromatic nitrogens is 2. The molecule has 2 aliphatic rings. The molecule has 158 valence electrons. The van der Waals surface area contributed by atoms with E-state index in [0.717, 1.165) is 43.0 Å². The number of piperazine rings is 1. The number of carbonyl (C=O) groups is 2. The molecule has 2 aromatic rings. The Hall–Kier alpha value is -1.93. The summed E-state index contributed by atoms with van der Waals surface area (Å²) in [5.41, 5.74) is 2.49. The van der Waals surface area contributed by atoms with E-state index < -0.39 is 5.97 Å². The molecule has 0 saturated carbocycles. The van der Waals surface area contributed by atoms with Crippen molar-refractivity contribution in [1.82, 2.24) is 19.2 Å². The molecule has 0 spiro atoms. The number of carbonyl (C=O) groups excluding carboxylic acids is 1. The first kappa shape index (κ1) is 20.3. The van der Waals surface area contributed by atoms with Crippen LogP contribution in [-0.4, -0.2) is 62.3 Å². The molecule has 3 heterocycles. The van der Waals surface area contributed by atoms with Gasteiger partial charge < -0.3 is 10.0 Å². The number of amides is 1. The van der Waals surface area contributed by atoms with Gasteiger partial charge in [-0.25, -0.2) is 9.78 Å². The molecule has 1 saturated heterocycles. The number of carboxylic acid groups (broad SMARTS) is 1. The Morgan fingerprint density at radius 1 is 1.21 bits per heavy atom. The molecule has 1 unspecified atom stereocenters. The summed E-state index contributed by atoms with van der Waals surface area (Å²) in [5.74, 6) is -0.223. The van der Waals surface area contributed by atoms with E-state index in [0.29, 0.717) is 25.6 Å². The topological polar surface area (TPSA) is 78.2 Å². The average Bonchev–Trinajstić information content (AvgIpc) is 3.17. The Balaban J connectivity index is 1.64. The van der Waals surface area contributed by atoms with Gasteiger partial charge in [-0.15, -0.1) is 11.3 Å². The van der Waals surface area contributed by atoms with Crippen molar-refractivity contribution in [2.45, 2.75) is 53.5 Å². The number of hydrogen-bond acceptors (Lipinski definition) is 5. The molecule has 8 heteroatoms. The van der Waals surface area contributed by atoms with E-state index >= 15 is 0 Å². The lowest BCUT2D eigenvalue weighted by Crippen LogP contribution is -2.47. The molecule has 0 aromatic carbocycles. The van der Waals surface area contributed by atoms with Crippen LogP contribution in [0.15, 0.2) is 0 Å². The Kier molecular flexibility index (Phi) is 5.19. The normalized spacial score (nSPS) is 20.8. The summed E-state index contributed by atoms with van der Waals surface area (Å²) in [7, 11) is 0. The van der Waals surface area contributed by atoms with Gasteiger partial charge >= 0.3 is 5.97 Å². The van der Waals surface area contributed by atoms with Crippen LogP contribution >= 0.6 is 11.3 Å². The number of nitrogens with zero attached hydrogens (tertiary/aromatic N) is 4. The Morgan fingerprint density at radius 3 is 2.48 bits per heavy atom. The second-order valence-electron chi connectivity index (χ2n) is 9.39. The molecule has 1 fully saturated rings. The van der Waals surface area contributed by atoms with Crippen molar-refractivity contribution in [3.63, 3.8) is 0 Å². The number of aromatic carboxylic acids is 1. The highest BCUT2D eigenvalue weighted by Gasteiger charge is 2.33. The molecule has 1 aliphatic heterocycles. The number of aryl methyl sites for hydroxylation is 1. The zero-order valence-electron chi connectivity index (χ0n) is 17.7. The zero-order valence-corrected chi connectivity index (χ0v) is 18.5.